The molecular formula is C17H17NO5. The first kappa shape index (κ1) is 16.5. The van der Waals surface area contributed by atoms with E-state index in [2.05, 4.69) is 5.32 Å². The molecule has 2 aromatic rings. The highest BCUT2D eigenvalue weighted by Gasteiger charge is 2.15. The Morgan fingerprint density at radius 1 is 1.00 bits per heavy atom. The van der Waals surface area contributed by atoms with Crippen LogP contribution in [0.4, 0.5) is 5.69 Å². The molecule has 0 aliphatic rings. The summed E-state index contributed by atoms with van der Waals surface area (Å²) in [4.78, 5) is 23.4. The predicted molar refractivity (Wildman–Crippen MR) is 85.2 cm³/mol. The number of rotatable bonds is 7. The van der Waals surface area contributed by atoms with E-state index in [0.29, 0.717) is 24.7 Å². The second kappa shape index (κ2) is 7.95. The van der Waals surface area contributed by atoms with Gasteiger partial charge < -0.3 is 19.9 Å². The fourth-order valence-corrected chi connectivity index (χ4v) is 1.94. The van der Waals surface area contributed by atoms with Crippen molar-refractivity contribution in [2.45, 2.75) is 0 Å². The van der Waals surface area contributed by atoms with Crippen molar-refractivity contribution in [2.24, 2.45) is 0 Å². The molecule has 0 bridgehead atoms. The largest absolute Gasteiger partial charge is 0.491 e. The van der Waals surface area contributed by atoms with Gasteiger partial charge in [-0.05, 0) is 36.4 Å². The zero-order valence-electron chi connectivity index (χ0n) is 12.6. The van der Waals surface area contributed by atoms with Crippen LogP contribution in [0.2, 0.25) is 0 Å². The number of carbonyl (C=O) groups excluding carboxylic acids is 1. The Bertz CT molecular complexity index is 682. The number of carboxylic acids is 1. The first-order chi connectivity index (χ1) is 11.1. The molecule has 0 aliphatic heterocycles. The van der Waals surface area contributed by atoms with Gasteiger partial charge in [-0.1, -0.05) is 12.1 Å². The minimum atomic E-state index is -1.14. The minimum absolute atomic E-state index is 0.0375. The highest BCUT2D eigenvalue weighted by atomic mass is 16.5. The van der Waals surface area contributed by atoms with Crippen LogP contribution in [0.15, 0.2) is 48.5 Å². The zero-order valence-corrected chi connectivity index (χ0v) is 12.6. The molecule has 2 rings (SSSR count). The fourth-order valence-electron chi connectivity index (χ4n) is 1.94. The summed E-state index contributed by atoms with van der Waals surface area (Å²) in [7, 11) is 1.59. The third-order valence-corrected chi connectivity index (χ3v) is 3.07. The molecule has 0 spiro atoms. The van der Waals surface area contributed by atoms with Crippen LogP contribution in [-0.2, 0) is 4.74 Å². The average Bonchev–Trinajstić information content (AvgIpc) is 2.56. The summed E-state index contributed by atoms with van der Waals surface area (Å²) in [6, 6.07) is 12.9. The number of ether oxygens (including phenoxy) is 2. The van der Waals surface area contributed by atoms with E-state index in [4.69, 9.17) is 14.6 Å². The molecule has 6 nitrogen and oxygen atoms in total. The van der Waals surface area contributed by atoms with Gasteiger partial charge in [-0.15, -0.1) is 0 Å². The monoisotopic (exact) mass is 315 g/mol. The quantitative estimate of drug-likeness (QED) is 0.767. The van der Waals surface area contributed by atoms with Gasteiger partial charge in [0.25, 0.3) is 5.91 Å². The summed E-state index contributed by atoms with van der Waals surface area (Å²) in [5, 5.41) is 11.8. The van der Waals surface area contributed by atoms with E-state index in [-0.39, 0.29) is 11.1 Å². The van der Waals surface area contributed by atoms with Crippen LogP contribution in [0, 0.1) is 0 Å². The standard InChI is InChI=1S/C17H17NO5/c1-22-10-11-23-13-8-6-12(7-9-13)18-16(19)14-4-2-3-5-15(14)17(20)21/h2-9H,10-11H2,1H3,(H,18,19)(H,20,21). The minimum Gasteiger partial charge on any atom is -0.491 e. The van der Waals surface area contributed by atoms with E-state index in [9.17, 15) is 9.59 Å². The number of aromatic carboxylic acids is 1. The van der Waals surface area contributed by atoms with E-state index >= 15 is 0 Å². The van der Waals surface area contributed by atoms with Crippen molar-refractivity contribution in [2.75, 3.05) is 25.6 Å². The maximum Gasteiger partial charge on any atom is 0.336 e. The summed E-state index contributed by atoms with van der Waals surface area (Å²) in [6.07, 6.45) is 0. The lowest BCUT2D eigenvalue weighted by molar-refractivity contribution is 0.0692. The van der Waals surface area contributed by atoms with Gasteiger partial charge in [-0.25, -0.2) is 4.79 Å². The second-order valence-corrected chi connectivity index (χ2v) is 4.67. The number of nitrogens with one attached hydrogen (secondary N) is 1. The Morgan fingerprint density at radius 2 is 1.65 bits per heavy atom. The highest BCUT2D eigenvalue weighted by molar-refractivity contribution is 6.10. The van der Waals surface area contributed by atoms with Gasteiger partial charge in [0.2, 0.25) is 0 Å². The van der Waals surface area contributed by atoms with Gasteiger partial charge in [-0.2, -0.15) is 0 Å². The molecule has 2 aromatic carbocycles. The molecule has 1 amide bonds. The molecule has 0 heterocycles. The molecule has 0 atom stereocenters. The zero-order chi connectivity index (χ0) is 16.7. The number of hydrogen-bond acceptors (Lipinski definition) is 4. The van der Waals surface area contributed by atoms with Crippen LogP contribution in [0.5, 0.6) is 5.75 Å². The number of benzene rings is 2. The molecule has 0 aromatic heterocycles. The molecule has 120 valence electrons. The topological polar surface area (TPSA) is 84.9 Å². The van der Waals surface area contributed by atoms with E-state index in [1.54, 1.807) is 43.5 Å². The van der Waals surface area contributed by atoms with E-state index in [1.165, 1.54) is 12.1 Å². The number of hydrogen-bond donors (Lipinski definition) is 2. The molecule has 2 N–H and O–H groups in total. The molecule has 0 fully saturated rings. The first-order valence-electron chi connectivity index (χ1n) is 6.97. The summed E-state index contributed by atoms with van der Waals surface area (Å²) in [5.74, 6) is -0.959. The van der Waals surface area contributed by atoms with Crippen molar-refractivity contribution >= 4 is 17.6 Å². The second-order valence-electron chi connectivity index (χ2n) is 4.67. The lowest BCUT2D eigenvalue weighted by Gasteiger charge is -2.09. The summed E-state index contributed by atoms with van der Waals surface area (Å²) >= 11 is 0. The first-order valence-corrected chi connectivity index (χ1v) is 6.97. The van der Waals surface area contributed by atoms with Crippen LogP contribution >= 0.6 is 0 Å². The molecule has 0 saturated carbocycles. The third kappa shape index (κ3) is 4.55. The molecule has 0 saturated heterocycles. The van der Waals surface area contributed by atoms with E-state index in [1.807, 2.05) is 0 Å². The van der Waals surface area contributed by atoms with Crippen LogP contribution in [0.3, 0.4) is 0 Å². The van der Waals surface area contributed by atoms with Gasteiger partial charge in [0.05, 0.1) is 17.7 Å². The number of anilines is 1. The van der Waals surface area contributed by atoms with Crippen molar-refractivity contribution in [1.82, 2.24) is 0 Å². The van der Waals surface area contributed by atoms with Crippen molar-refractivity contribution in [3.63, 3.8) is 0 Å². The average molecular weight is 315 g/mol. The summed E-state index contributed by atoms with van der Waals surface area (Å²) < 4.78 is 10.3. The Morgan fingerprint density at radius 3 is 2.26 bits per heavy atom. The fraction of sp³-hybridized carbons (Fsp3) is 0.176. The number of carboxylic acid groups (broad SMARTS) is 1. The Labute approximate surface area is 133 Å². The van der Waals surface area contributed by atoms with Crippen molar-refractivity contribution in [3.05, 3.63) is 59.7 Å². The Hall–Kier alpha value is -2.86. The Balaban J connectivity index is 2.05. The normalized spacial score (nSPS) is 10.1. The summed E-state index contributed by atoms with van der Waals surface area (Å²) in [5.41, 5.74) is 0.624. The van der Waals surface area contributed by atoms with Crippen molar-refractivity contribution in [1.29, 1.82) is 0 Å². The SMILES string of the molecule is COCCOc1ccc(NC(=O)c2ccccc2C(=O)O)cc1. The molecule has 23 heavy (non-hydrogen) atoms. The van der Waals surface area contributed by atoms with Crippen LogP contribution < -0.4 is 10.1 Å². The van der Waals surface area contributed by atoms with Crippen LogP contribution in [0.25, 0.3) is 0 Å². The van der Waals surface area contributed by atoms with E-state index in [0.717, 1.165) is 0 Å². The van der Waals surface area contributed by atoms with Gasteiger partial charge in [0.15, 0.2) is 0 Å². The smallest absolute Gasteiger partial charge is 0.336 e. The highest BCUT2D eigenvalue weighted by Crippen LogP contribution is 2.17. The number of methoxy groups -OCH3 is 1. The van der Waals surface area contributed by atoms with Gasteiger partial charge in [0.1, 0.15) is 12.4 Å². The maximum absolute atomic E-state index is 12.2. The predicted octanol–water partition coefficient (Wildman–Crippen LogP) is 2.66. The molecular weight excluding hydrogens is 298 g/mol. The molecule has 0 radical (unpaired) electrons. The van der Waals surface area contributed by atoms with E-state index < -0.39 is 11.9 Å². The number of amides is 1. The van der Waals surface area contributed by atoms with Gasteiger partial charge in [0, 0.05) is 12.8 Å². The number of carbonyl (C=O) groups is 2. The third-order valence-electron chi connectivity index (χ3n) is 3.07. The Kier molecular flexibility index (Phi) is 5.71. The van der Waals surface area contributed by atoms with Gasteiger partial charge >= 0.3 is 5.97 Å². The molecule has 6 heteroatoms. The van der Waals surface area contributed by atoms with Crippen molar-refractivity contribution < 1.29 is 24.2 Å². The lowest BCUT2D eigenvalue weighted by Crippen LogP contribution is -2.16. The maximum atomic E-state index is 12.2. The molecule has 0 aliphatic carbocycles. The summed E-state index contributed by atoms with van der Waals surface area (Å²) in [6.45, 7) is 0.929. The van der Waals surface area contributed by atoms with Gasteiger partial charge in [-0.3, -0.25) is 4.79 Å². The van der Waals surface area contributed by atoms with Crippen LogP contribution in [0.1, 0.15) is 20.7 Å². The van der Waals surface area contributed by atoms with Crippen LogP contribution in [-0.4, -0.2) is 37.3 Å². The molecule has 0 unspecified atom stereocenters. The lowest BCUT2D eigenvalue weighted by atomic mass is 10.1. The van der Waals surface area contributed by atoms with Crippen molar-refractivity contribution in [3.8, 4) is 5.75 Å².